The molecular weight excluding hydrogens is 186 g/mol. The van der Waals surface area contributed by atoms with Crippen LogP contribution in [0.5, 0.6) is 0 Å². The summed E-state index contributed by atoms with van der Waals surface area (Å²) in [7, 11) is 0. The standard InChI is InChI=1S/C12H13N3/c1-9-10(5-6-12(13)15-9)8-11-4-2-3-7-14-11/h2-7H,8H2,1H3,(H2,13,15). The molecule has 2 aromatic rings. The maximum atomic E-state index is 5.59. The number of hydrogen-bond acceptors (Lipinski definition) is 3. The average molecular weight is 199 g/mol. The van der Waals surface area contributed by atoms with Crippen LogP contribution in [-0.2, 0) is 6.42 Å². The zero-order chi connectivity index (χ0) is 10.7. The Labute approximate surface area is 89.0 Å². The molecule has 0 unspecified atom stereocenters. The molecule has 0 saturated heterocycles. The van der Waals surface area contributed by atoms with E-state index < -0.39 is 0 Å². The fourth-order valence-electron chi connectivity index (χ4n) is 1.49. The summed E-state index contributed by atoms with van der Waals surface area (Å²) in [5, 5.41) is 0. The van der Waals surface area contributed by atoms with Crippen molar-refractivity contribution in [2.24, 2.45) is 0 Å². The predicted octanol–water partition coefficient (Wildman–Crippen LogP) is 1.96. The Kier molecular flexibility index (Phi) is 2.63. The van der Waals surface area contributed by atoms with Crippen LogP contribution >= 0.6 is 0 Å². The third-order valence-electron chi connectivity index (χ3n) is 2.31. The first-order valence-electron chi connectivity index (χ1n) is 4.87. The van der Waals surface area contributed by atoms with Crippen LogP contribution in [0.15, 0.2) is 36.5 Å². The largest absolute Gasteiger partial charge is 0.384 e. The van der Waals surface area contributed by atoms with Crippen LogP contribution in [0.25, 0.3) is 0 Å². The van der Waals surface area contributed by atoms with Gasteiger partial charge < -0.3 is 5.73 Å². The zero-order valence-corrected chi connectivity index (χ0v) is 8.64. The molecule has 0 bridgehead atoms. The minimum atomic E-state index is 0.567. The molecule has 0 aliphatic carbocycles. The van der Waals surface area contributed by atoms with Gasteiger partial charge in [0.05, 0.1) is 0 Å². The van der Waals surface area contributed by atoms with E-state index in [2.05, 4.69) is 9.97 Å². The Bertz CT molecular complexity index is 452. The summed E-state index contributed by atoms with van der Waals surface area (Å²) in [6.07, 6.45) is 2.61. The molecule has 3 heteroatoms. The lowest BCUT2D eigenvalue weighted by Crippen LogP contribution is -1.99. The first kappa shape index (κ1) is 9.65. The number of pyridine rings is 2. The Balaban J connectivity index is 2.25. The van der Waals surface area contributed by atoms with E-state index >= 15 is 0 Å². The highest BCUT2D eigenvalue weighted by Gasteiger charge is 2.02. The van der Waals surface area contributed by atoms with Gasteiger partial charge in [0, 0.05) is 24.0 Å². The number of anilines is 1. The second-order valence-electron chi connectivity index (χ2n) is 3.48. The van der Waals surface area contributed by atoms with E-state index in [4.69, 9.17) is 5.73 Å². The highest BCUT2D eigenvalue weighted by atomic mass is 14.8. The van der Waals surface area contributed by atoms with Gasteiger partial charge >= 0.3 is 0 Å². The number of nitrogens with two attached hydrogens (primary N) is 1. The SMILES string of the molecule is Cc1nc(N)ccc1Cc1ccccn1. The highest BCUT2D eigenvalue weighted by molar-refractivity contribution is 5.35. The summed E-state index contributed by atoms with van der Waals surface area (Å²) in [6.45, 7) is 1.97. The van der Waals surface area contributed by atoms with Crippen molar-refractivity contribution in [1.29, 1.82) is 0 Å². The van der Waals surface area contributed by atoms with E-state index in [0.29, 0.717) is 5.82 Å². The van der Waals surface area contributed by atoms with Gasteiger partial charge in [-0.15, -0.1) is 0 Å². The fraction of sp³-hybridized carbons (Fsp3) is 0.167. The van der Waals surface area contributed by atoms with Crippen molar-refractivity contribution in [3.63, 3.8) is 0 Å². The number of nitrogen functional groups attached to an aromatic ring is 1. The highest BCUT2D eigenvalue weighted by Crippen LogP contribution is 2.12. The maximum absolute atomic E-state index is 5.59. The number of rotatable bonds is 2. The molecule has 0 radical (unpaired) electrons. The molecule has 76 valence electrons. The molecular formula is C12H13N3. The molecule has 3 nitrogen and oxygen atoms in total. The number of hydrogen-bond donors (Lipinski definition) is 1. The molecule has 0 saturated carbocycles. The third-order valence-corrected chi connectivity index (χ3v) is 2.31. The van der Waals surface area contributed by atoms with Gasteiger partial charge in [0.25, 0.3) is 0 Å². The van der Waals surface area contributed by atoms with Gasteiger partial charge in [-0.25, -0.2) is 4.98 Å². The second kappa shape index (κ2) is 4.09. The van der Waals surface area contributed by atoms with Crippen LogP contribution in [0.2, 0.25) is 0 Å². The zero-order valence-electron chi connectivity index (χ0n) is 8.64. The molecule has 2 N–H and O–H groups in total. The quantitative estimate of drug-likeness (QED) is 0.804. The Hall–Kier alpha value is -1.90. The van der Waals surface area contributed by atoms with E-state index in [-0.39, 0.29) is 0 Å². The lowest BCUT2D eigenvalue weighted by atomic mass is 10.1. The van der Waals surface area contributed by atoms with Gasteiger partial charge in [-0.1, -0.05) is 12.1 Å². The molecule has 0 spiro atoms. The van der Waals surface area contributed by atoms with Gasteiger partial charge in [0.15, 0.2) is 0 Å². The van der Waals surface area contributed by atoms with Gasteiger partial charge in [-0.05, 0) is 30.7 Å². The maximum Gasteiger partial charge on any atom is 0.123 e. The summed E-state index contributed by atoms with van der Waals surface area (Å²) in [5.41, 5.74) is 8.78. The molecule has 2 rings (SSSR count). The summed E-state index contributed by atoms with van der Waals surface area (Å²) in [4.78, 5) is 8.50. The van der Waals surface area contributed by atoms with E-state index in [0.717, 1.165) is 17.8 Å². The van der Waals surface area contributed by atoms with Crippen molar-refractivity contribution >= 4 is 5.82 Å². The van der Waals surface area contributed by atoms with Crippen LogP contribution in [0.1, 0.15) is 17.0 Å². The van der Waals surface area contributed by atoms with E-state index in [9.17, 15) is 0 Å². The van der Waals surface area contributed by atoms with Crippen molar-refractivity contribution in [2.75, 3.05) is 5.73 Å². The molecule has 0 fully saturated rings. The van der Waals surface area contributed by atoms with E-state index in [1.54, 1.807) is 6.20 Å². The Morgan fingerprint density at radius 3 is 2.73 bits per heavy atom. The van der Waals surface area contributed by atoms with Crippen LogP contribution in [-0.4, -0.2) is 9.97 Å². The van der Waals surface area contributed by atoms with Gasteiger partial charge in [0.1, 0.15) is 5.82 Å². The monoisotopic (exact) mass is 199 g/mol. The molecule has 0 aromatic carbocycles. The normalized spacial score (nSPS) is 10.2. The summed E-state index contributed by atoms with van der Waals surface area (Å²) in [5.74, 6) is 0.567. The molecule has 2 heterocycles. The van der Waals surface area contributed by atoms with Crippen LogP contribution in [0, 0.1) is 6.92 Å². The lowest BCUT2D eigenvalue weighted by molar-refractivity contribution is 1.03. The van der Waals surface area contributed by atoms with Crippen molar-refractivity contribution in [2.45, 2.75) is 13.3 Å². The smallest absolute Gasteiger partial charge is 0.123 e. The summed E-state index contributed by atoms with van der Waals surface area (Å²) in [6, 6.07) is 9.74. The summed E-state index contributed by atoms with van der Waals surface area (Å²) < 4.78 is 0. The Morgan fingerprint density at radius 1 is 1.20 bits per heavy atom. The van der Waals surface area contributed by atoms with E-state index in [1.807, 2.05) is 37.3 Å². The van der Waals surface area contributed by atoms with Crippen molar-refractivity contribution in [1.82, 2.24) is 9.97 Å². The molecule has 0 atom stereocenters. The molecule has 0 aliphatic rings. The third kappa shape index (κ3) is 2.31. The lowest BCUT2D eigenvalue weighted by Gasteiger charge is -2.04. The van der Waals surface area contributed by atoms with Crippen molar-refractivity contribution in [3.8, 4) is 0 Å². The molecule has 15 heavy (non-hydrogen) atoms. The predicted molar refractivity (Wildman–Crippen MR) is 60.4 cm³/mol. The van der Waals surface area contributed by atoms with Crippen molar-refractivity contribution in [3.05, 3.63) is 53.5 Å². The number of nitrogens with zero attached hydrogens (tertiary/aromatic N) is 2. The fourth-order valence-corrected chi connectivity index (χ4v) is 1.49. The minimum absolute atomic E-state index is 0.567. The first-order chi connectivity index (χ1) is 7.25. The first-order valence-corrected chi connectivity index (χ1v) is 4.87. The molecule has 2 aromatic heterocycles. The number of aryl methyl sites for hydroxylation is 1. The molecule has 0 amide bonds. The van der Waals surface area contributed by atoms with Crippen LogP contribution in [0.4, 0.5) is 5.82 Å². The Morgan fingerprint density at radius 2 is 2.07 bits per heavy atom. The second-order valence-corrected chi connectivity index (χ2v) is 3.48. The topological polar surface area (TPSA) is 51.8 Å². The van der Waals surface area contributed by atoms with Crippen LogP contribution in [0.3, 0.4) is 0 Å². The molecule has 0 aliphatic heterocycles. The van der Waals surface area contributed by atoms with Gasteiger partial charge in [0.2, 0.25) is 0 Å². The summed E-state index contributed by atoms with van der Waals surface area (Å²) >= 11 is 0. The van der Waals surface area contributed by atoms with Crippen molar-refractivity contribution < 1.29 is 0 Å². The van der Waals surface area contributed by atoms with E-state index in [1.165, 1.54) is 5.56 Å². The van der Waals surface area contributed by atoms with Crippen LogP contribution < -0.4 is 5.73 Å². The number of aromatic nitrogens is 2. The van der Waals surface area contributed by atoms with Gasteiger partial charge in [-0.3, -0.25) is 4.98 Å². The minimum Gasteiger partial charge on any atom is -0.384 e. The average Bonchev–Trinajstić information content (AvgIpc) is 2.24. The van der Waals surface area contributed by atoms with Gasteiger partial charge in [-0.2, -0.15) is 0 Å².